The molecule has 1 aliphatic rings. The van der Waals surface area contributed by atoms with Crippen LogP contribution in [0.1, 0.15) is 19.4 Å². The lowest BCUT2D eigenvalue weighted by Crippen LogP contribution is -2.24. The average Bonchev–Trinajstić information content (AvgIpc) is 3.22. The van der Waals surface area contributed by atoms with Crippen LogP contribution in [0.15, 0.2) is 156 Å². The number of benzene rings is 6. The highest BCUT2D eigenvalue weighted by atomic mass is 31.2. The summed E-state index contributed by atoms with van der Waals surface area (Å²) in [5.74, 6) is 3.19. The second-order valence-electron chi connectivity index (χ2n) is 11.3. The Labute approximate surface area is 247 Å². The molecule has 0 N–H and O–H groups in total. The van der Waals surface area contributed by atoms with E-state index in [9.17, 15) is 0 Å². The van der Waals surface area contributed by atoms with Gasteiger partial charge in [-0.2, -0.15) is 0 Å². The van der Waals surface area contributed by atoms with E-state index in [1.165, 1.54) is 16.9 Å². The Morgan fingerprint density at radius 3 is 2.00 bits per heavy atom. The van der Waals surface area contributed by atoms with Crippen LogP contribution < -0.4 is 14.7 Å². The summed E-state index contributed by atoms with van der Waals surface area (Å²) in [6, 6.07) is 48.8. The molecule has 0 bridgehead atoms. The fraction of sp³-hybridized carbons (Fsp3) is 0.105. The molecule has 3 nitrogen and oxygen atoms in total. The summed E-state index contributed by atoms with van der Waals surface area (Å²) in [7, 11) is -0.713. The highest BCUT2D eigenvalue weighted by Gasteiger charge is 2.40. The van der Waals surface area contributed by atoms with Crippen molar-refractivity contribution in [1.29, 1.82) is 0 Å². The van der Waals surface area contributed by atoms with Gasteiger partial charge in [-0.1, -0.05) is 123 Å². The normalized spacial score (nSPS) is 16.4. The van der Waals surface area contributed by atoms with Crippen LogP contribution in [0, 0.1) is 0 Å². The van der Waals surface area contributed by atoms with Gasteiger partial charge in [-0.25, -0.2) is 4.74 Å². The largest absolute Gasteiger partial charge is 0.452 e. The van der Waals surface area contributed by atoms with Gasteiger partial charge in [0.1, 0.15) is 5.75 Å². The summed E-state index contributed by atoms with van der Waals surface area (Å²) < 4.78 is 13.1. The highest BCUT2D eigenvalue weighted by molar-refractivity contribution is 7.72. The molecule has 1 aliphatic heterocycles. The first kappa shape index (κ1) is 26.3. The van der Waals surface area contributed by atoms with Crippen molar-refractivity contribution >= 4 is 45.5 Å². The summed E-state index contributed by atoms with van der Waals surface area (Å²) >= 11 is 0. The second-order valence-corrected chi connectivity index (χ2v) is 13.7. The van der Waals surface area contributed by atoms with E-state index in [2.05, 4.69) is 171 Å². The van der Waals surface area contributed by atoms with Crippen LogP contribution in [0.25, 0.3) is 21.5 Å². The fourth-order valence-corrected chi connectivity index (χ4v) is 9.08. The Balaban J connectivity index is 1.58. The second kappa shape index (κ2) is 10.4. The molecule has 4 heteroatoms. The molecule has 0 aromatic heterocycles. The Kier molecular flexibility index (Phi) is 6.49. The number of anilines is 1. The van der Waals surface area contributed by atoms with E-state index in [-0.39, 0.29) is 5.41 Å². The summed E-state index contributed by atoms with van der Waals surface area (Å²) in [5.41, 5.74) is 4.40. The first-order valence-electron chi connectivity index (χ1n) is 14.4. The van der Waals surface area contributed by atoms with Gasteiger partial charge in [-0.15, -0.1) is 0 Å². The summed E-state index contributed by atoms with van der Waals surface area (Å²) in [6.45, 7) is 4.60. The standard InChI is InChI=1S/C38H33N2OP/c1-38(2)33-23-11-12-25-35(33)40(3)37(38)27-42(30-19-5-4-6-20-30,39-34-24-13-17-28-15-7-9-21-31(28)34)41-36-26-14-18-29-16-8-10-22-32(29)36/h4-27H,1-3H3/b37-27+/t42-/m0/s1. The van der Waals surface area contributed by atoms with Gasteiger partial charge in [0.2, 0.25) is 0 Å². The van der Waals surface area contributed by atoms with Crippen molar-refractivity contribution in [2.45, 2.75) is 19.3 Å². The fourth-order valence-electron chi connectivity index (χ4n) is 6.18. The number of rotatable bonds is 5. The number of fused-ring (bicyclic) bond motifs is 3. The number of hydrogen-bond donors (Lipinski definition) is 0. The monoisotopic (exact) mass is 564 g/mol. The van der Waals surface area contributed by atoms with Gasteiger partial charge >= 0.3 is 0 Å². The molecule has 206 valence electrons. The molecular weight excluding hydrogens is 531 g/mol. The van der Waals surface area contributed by atoms with E-state index in [0.29, 0.717) is 0 Å². The molecule has 0 fully saturated rings. The first-order valence-corrected chi connectivity index (χ1v) is 16.1. The lowest BCUT2D eigenvalue weighted by atomic mass is 9.84. The molecular formula is C38H33N2OP. The third kappa shape index (κ3) is 4.42. The van der Waals surface area contributed by atoms with Crippen molar-refractivity contribution in [2.24, 2.45) is 4.74 Å². The van der Waals surface area contributed by atoms with Gasteiger partial charge in [0.05, 0.1) is 5.69 Å². The number of allylic oxidation sites excluding steroid dienone is 1. The minimum absolute atomic E-state index is 0.234. The van der Waals surface area contributed by atoms with Crippen molar-refractivity contribution < 1.29 is 4.52 Å². The number of para-hydroxylation sites is 1. The number of hydrogen-bond acceptors (Lipinski definition) is 3. The SMILES string of the molecule is CN1/C(=C/[P@](=Nc2cccc3ccccc23)(Oc2cccc3ccccc23)c2ccccc2)C(C)(C)c2ccccc21. The summed E-state index contributed by atoms with van der Waals surface area (Å²) in [6.07, 6.45) is 0. The maximum Gasteiger partial charge on any atom is 0.191 e. The Bertz CT molecular complexity index is 2020. The highest BCUT2D eigenvalue weighted by Crippen LogP contribution is 2.59. The van der Waals surface area contributed by atoms with Gasteiger partial charge in [-0.05, 0) is 46.7 Å². The van der Waals surface area contributed by atoms with E-state index >= 15 is 0 Å². The van der Waals surface area contributed by atoms with Crippen molar-refractivity contribution in [2.75, 3.05) is 11.9 Å². The molecule has 7 rings (SSSR count). The zero-order valence-corrected chi connectivity index (χ0v) is 25.0. The summed E-state index contributed by atoms with van der Waals surface area (Å²) in [4.78, 5) is 2.32. The van der Waals surface area contributed by atoms with E-state index in [1.54, 1.807) is 0 Å². The molecule has 0 saturated carbocycles. The third-order valence-electron chi connectivity index (χ3n) is 8.37. The molecule has 1 atom stereocenters. The Morgan fingerprint density at radius 1 is 0.643 bits per heavy atom. The Morgan fingerprint density at radius 2 is 1.24 bits per heavy atom. The molecule has 42 heavy (non-hydrogen) atoms. The van der Waals surface area contributed by atoms with Crippen molar-refractivity contribution in [3.8, 4) is 5.75 Å². The minimum atomic E-state index is -2.87. The van der Waals surface area contributed by atoms with Gasteiger partial charge in [0.25, 0.3) is 0 Å². The zero-order valence-electron chi connectivity index (χ0n) is 24.1. The van der Waals surface area contributed by atoms with Crippen LogP contribution in [0.5, 0.6) is 5.75 Å². The lowest BCUT2D eigenvalue weighted by molar-refractivity contribution is 0.619. The van der Waals surface area contributed by atoms with Crippen LogP contribution in [0.4, 0.5) is 11.4 Å². The quantitative estimate of drug-likeness (QED) is 0.195. The topological polar surface area (TPSA) is 24.8 Å². The van der Waals surface area contributed by atoms with E-state index in [4.69, 9.17) is 9.27 Å². The van der Waals surface area contributed by atoms with Crippen molar-refractivity contribution in [1.82, 2.24) is 0 Å². The maximum absolute atomic E-state index is 7.40. The Hall–Kier alpha value is -4.59. The van der Waals surface area contributed by atoms with E-state index in [0.717, 1.165) is 38.3 Å². The van der Waals surface area contributed by atoms with Crippen LogP contribution in [0.3, 0.4) is 0 Å². The predicted octanol–water partition coefficient (Wildman–Crippen LogP) is 10.4. The van der Waals surface area contributed by atoms with Gasteiger partial charge < -0.3 is 9.42 Å². The van der Waals surface area contributed by atoms with Crippen LogP contribution in [0.2, 0.25) is 0 Å². The van der Waals surface area contributed by atoms with Gasteiger partial charge in [-0.3, -0.25) is 0 Å². The average molecular weight is 565 g/mol. The number of nitrogens with zero attached hydrogens (tertiary/aromatic N) is 2. The molecule has 6 aromatic rings. The van der Waals surface area contributed by atoms with Crippen molar-refractivity contribution in [3.05, 3.63) is 157 Å². The molecule has 0 aliphatic carbocycles. The molecule has 6 aromatic carbocycles. The van der Waals surface area contributed by atoms with Gasteiger partial charge in [0.15, 0.2) is 7.28 Å². The van der Waals surface area contributed by atoms with Crippen LogP contribution in [-0.2, 0) is 5.41 Å². The maximum atomic E-state index is 7.40. The van der Waals surface area contributed by atoms with Crippen molar-refractivity contribution in [3.63, 3.8) is 0 Å². The molecule has 0 amide bonds. The predicted molar refractivity (Wildman–Crippen MR) is 180 cm³/mol. The lowest BCUT2D eigenvalue weighted by Gasteiger charge is -2.30. The number of likely N-dealkylation sites (N-methyl/N-ethyl adjacent to an activating group) is 1. The summed E-state index contributed by atoms with van der Waals surface area (Å²) in [5, 5.41) is 5.56. The molecule has 0 saturated heterocycles. The smallest absolute Gasteiger partial charge is 0.191 e. The molecule has 0 unspecified atom stereocenters. The van der Waals surface area contributed by atoms with E-state index < -0.39 is 7.28 Å². The van der Waals surface area contributed by atoms with Gasteiger partial charge in [0, 0.05) is 45.7 Å². The molecule has 0 radical (unpaired) electrons. The minimum Gasteiger partial charge on any atom is -0.452 e. The molecule has 0 spiro atoms. The van der Waals surface area contributed by atoms with Crippen LogP contribution in [-0.4, -0.2) is 7.05 Å². The molecule has 1 heterocycles. The van der Waals surface area contributed by atoms with Crippen LogP contribution >= 0.6 is 7.28 Å². The van der Waals surface area contributed by atoms with E-state index in [1.807, 2.05) is 0 Å². The zero-order chi connectivity index (χ0) is 28.7. The third-order valence-corrected chi connectivity index (χ3v) is 11.0. The first-order chi connectivity index (χ1) is 20.5.